The van der Waals surface area contributed by atoms with Crippen LogP contribution in [0.15, 0.2) is 18.2 Å². The van der Waals surface area contributed by atoms with E-state index in [2.05, 4.69) is 10.2 Å². The number of rotatable bonds is 7. The van der Waals surface area contributed by atoms with Crippen molar-refractivity contribution in [1.29, 1.82) is 0 Å². The Morgan fingerprint density at radius 1 is 1.22 bits per heavy atom. The highest BCUT2D eigenvalue weighted by molar-refractivity contribution is 5.19. The van der Waals surface area contributed by atoms with Crippen molar-refractivity contribution in [3.63, 3.8) is 0 Å². The molecule has 100 valence electrons. The fourth-order valence-electron chi connectivity index (χ4n) is 1.93. The Morgan fingerprint density at radius 3 is 2.50 bits per heavy atom. The Balaban J connectivity index is 1.72. The molecule has 0 unspecified atom stereocenters. The van der Waals surface area contributed by atoms with E-state index >= 15 is 0 Å². The van der Waals surface area contributed by atoms with Gasteiger partial charge >= 0.3 is 0 Å². The van der Waals surface area contributed by atoms with Gasteiger partial charge in [-0.05, 0) is 38.4 Å². The third-order valence-corrected chi connectivity index (χ3v) is 3.31. The van der Waals surface area contributed by atoms with Crippen molar-refractivity contribution in [3.05, 3.63) is 35.4 Å². The van der Waals surface area contributed by atoms with E-state index in [0.717, 1.165) is 13.1 Å². The lowest BCUT2D eigenvalue weighted by Gasteiger charge is -2.17. The maximum atomic E-state index is 13.4. The molecule has 0 bridgehead atoms. The highest BCUT2D eigenvalue weighted by Gasteiger charge is 2.19. The van der Waals surface area contributed by atoms with Crippen molar-refractivity contribution < 1.29 is 8.78 Å². The summed E-state index contributed by atoms with van der Waals surface area (Å²) in [5.74, 6) is -0.890. The smallest absolute Gasteiger partial charge is 0.129 e. The van der Waals surface area contributed by atoms with Gasteiger partial charge < -0.3 is 10.2 Å². The maximum absolute atomic E-state index is 13.4. The van der Waals surface area contributed by atoms with Crippen LogP contribution in [0.5, 0.6) is 0 Å². The van der Waals surface area contributed by atoms with Crippen LogP contribution >= 0.6 is 0 Å². The predicted molar refractivity (Wildman–Crippen MR) is 68.6 cm³/mol. The van der Waals surface area contributed by atoms with Gasteiger partial charge in [0.15, 0.2) is 0 Å². The lowest BCUT2D eigenvalue weighted by atomic mass is 10.1. The summed E-state index contributed by atoms with van der Waals surface area (Å²) in [6.45, 7) is 2.53. The van der Waals surface area contributed by atoms with Gasteiger partial charge in [-0.1, -0.05) is 6.07 Å². The van der Waals surface area contributed by atoms with E-state index in [1.54, 1.807) is 0 Å². The Hall–Kier alpha value is -1.00. The molecule has 1 N–H and O–H groups in total. The minimum Gasteiger partial charge on any atom is -0.313 e. The van der Waals surface area contributed by atoms with Crippen molar-refractivity contribution in [3.8, 4) is 0 Å². The van der Waals surface area contributed by atoms with E-state index in [-0.39, 0.29) is 5.56 Å². The van der Waals surface area contributed by atoms with Gasteiger partial charge in [-0.15, -0.1) is 0 Å². The molecular weight excluding hydrogens is 234 g/mol. The summed E-state index contributed by atoms with van der Waals surface area (Å²) in [6.07, 6.45) is 2.98. The van der Waals surface area contributed by atoms with Crippen molar-refractivity contribution in [1.82, 2.24) is 10.2 Å². The van der Waals surface area contributed by atoms with Crippen LogP contribution in [0.3, 0.4) is 0 Å². The van der Waals surface area contributed by atoms with Gasteiger partial charge in [0.05, 0.1) is 0 Å². The summed E-state index contributed by atoms with van der Waals surface area (Å²) in [6, 6.07) is 4.74. The molecule has 0 heterocycles. The summed E-state index contributed by atoms with van der Waals surface area (Å²) in [7, 11) is 1.98. The predicted octanol–water partition coefficient (Wildman–Crippen LogP) is 2.19. The normalized spacial score (nSPS) is 15.3. The molecule has 1 aliphatic rings. The second-order valence-electron chi connectivity index (χ2n) is 4.98. The number of likely N-dealkylation sites (N-methyl/N-ethyl adjacent to an activating group) is 1. The zero-order chi connectivity index (χ0) is 13.0. The molecule has 0 amide bonds. The summed E-state index contributed by atoms with van der Waals surface area (Å²) in [5.41, 5.74) is 0.194. The minimum atomic E-state index is -0.445. The topological polar surface area (TPSA) is 15.3 Å². The van der Waals surface area contributed by atoms with Crippen molar-refractivity contribution in [2.45, 2.75) is 25.3 Å². The van der Waals surface area contributed by atoms with Crippen LogP contribution in [0.2, 0.25) is 0 Å². The number of nitrogens with one attached hydrogen (secondary N) is 1. The van der Waals surface area contributed by atoms with Crippen molar-refractivity contribution in [2.24, 2.45) is 0 Å². The van der Waals surface area contributed by atoms with Crippen LogP contribution in [0.25, 0.3) is 0 Å². The molecule has 4 heteroatoms. The minimum absolute atomic E-state index is 0.194. The summed E-state index contributed by atoms with van der Waals surface area (Å²) >= 11 is 0. The Kier molecular flexibility index (Phi) is 4.66. The Bertz CT molecular complexity index is 371. The van der Waals surface area contributed by atoms with Gasteiger partial charge in [0.1, 0.15) is 11.6 Å². The van der Waals surface area contributed by atoms with E-state index in [9.17, 15) is 8.78 Å². The second kappa shape index (κ2) is 6.25. The van der Waals surface area contributed by atoms with E-state index in [1.165, 1.54) is 31.0 Å². The van der Waals surface area contributed by atoms with Gasteiger partial charge in [0.25, 0.3) is 0 Å². The molecule has 1 fully saturated rings. The van der Waals surface area contributed by atoms with E-state index < -0.39 is 11.6 Å². The van der Waals surface area contributed by atoms with E-state index in [0.29, 0.717) is 19.0 Å². The maximum Gasteiger partial charge on any atom is 0.129 e. The zero-order valence-corrected chi connectivity index (χ0v) is 10.8. The number of nitrogens with zero attached hydrogens (tertiary/aromatic N) is 1. The van der Waals surface area contributed by atoms with E-state index in [4.69, 9.17) is 0 Å². The van der Waals surface area contributed by atoms with Crippen LogP contribution in [0.1, 0.15) is 18.4 Å². The first kappa shape index (κ1) is 13.4. The van der Waals surface area contributed by atoms with Crippen LogP contribution < -0.4 is 5.32 Å². The Morgan fingerprint density at radius 2 is 1.89 bits per heavy atom. The number of halogens is 2. The highest BCUT2D eigenvalue weighted by Crippen LogP contribution is 2.18. The zero-order valence-electron chi connectivity index (χ0n) is 10.8. The number of hydrogen-bond acceptors (Lipinski definition) is 2. The van der Waals surface area contributed by atoms with E-state index in [1.807, 2.05) is 7.05 Å². The SMILES string of the molecule is CN(CCNC1CC1)CCc1c(F)cccc1F. The second-order valence-corrected chi connectivity index (χ2v) is 4.98. The number of benzene rings is 1. The van der Waals surface area contributed by atoms with Crippen molar-refractivity contribution in [2.75, 3.05) is 26.7 Å². The summed E-state index contributed by atoms with van der Waals surface area (Å²) in [4.78, 5) is 2.10. The van der Waals surface area contributed by atoms with Crippen molar-refractivity contribution >= 4 is 0 Å². The number of hydrogen-bond donors (Lipinski definition) is 1. The molecule has 0 aliphatic heterocycles. The summed E-state index contributed by atoms with van der Waals surface area (Å²) in [5, 5.41) is 3.42. The first-order valence-electron chi connectivity index (χ1n) is 6.51. The largest absolute Gasteiger partial charge is 0.313 e. The monoisotopic (exact) mass is 254 g/mol. The molecule has 0 atom stereocenters. The van der Waals surface area contributed by atoms with Gasteiger partial charge in [0.2, 0.25) is 0 Å². The molecule has 2 nitrogen and oxygen atoms in total. The van der Waals surface area contributed by atoms with Gasteiger partial charge in [-0.25, -0.2) is 8.78 Å². The Labute approximate surface area is 107 Å². The quantitative estimate of drug-likeness (QED) is 0.802. The van der Waals surface area contributed by atoms with Crippen LogP contribution in [0.4, 0.5) is 8.78 Å². The first-order chi connectivity index (χ1) is 8.66. The van der Waals surface area contributed by atoms with Crippen LogP contribution in [0, 0.1) is 11.6 Å². The molecular formula is C14H20F2N2. The molecule has 18 heavy (non-hydrogen) atoms. The lowest BCUT2D eigenvalue weighted by molar-refractivity contribution is 0.331. The summed E-state index contributed by atoms with van der Waals surface area (Å²) < 4.78 is 26.8. The molecule has 0 saturated heterocycles. The lowest BCUT2D eigenvalue weighted by Crippen LogP contribution is -2.31. The first-order valence-corrected chi connectivity index (χ1v) is 6.51. The van der Waals surface area contributed by atoms with Crippen LogP contribution in [-0.4, -0.2) is 37.6 Å². The molecule has 0 radical (unpaired) electrons. The van der Waals surface area contributed by atoms with Crippen LogP contribution in [-0.2, 0) is 6.42 Å². The average molecular weight is 254 g/mol. The van der Waals surface area contributed by atoms with Gasteiger partial charge in [0, 0.05) is 31.2 Å². The molecule has 0 spiro atoms. The standard InChI is InChI=1S/C14H20F2N2/c1-18(10-8-17-11-5-6-11)9-7-12-13(15)3-2-4-14(12)16/h2-4,11,17H,5-10H2,1H3. The molecule has 1 saturated carbocycles. The molecule has 2 rings (SSSR count). The van der Waals surface area contributed by atoms with Gasteiger partial charge in [-0.3, -0.25) is 0 Å². The third kappa shape index (κ3) is 4.03. The fourth-order valence-corrected chi connectivity index (χ4v) is 1.93. The fraction of sp³-hybridized carbons (Fsp3) is 0.571. The average Bonchev–Trinajstić information content (AvgIpc) is 3.12. The highest BCUT2D eigenvalue weighted by atomic mass is 19.1. The third-order valence-electron chi connectivity index (χ3n) is 3.31. The van der Waals surface area contributed by atoms with Gasteiger partial charge in [-0.2, -0.15) is 0 Å². The molecule has 0 aromatic heterocycles. The molecule has 1 aromatic rings. The molecule has 1 aliphatic carbocycles. The molecule has 1 aromatic carbocycles.